The quantitative estimate of drug-likeness (QED) is 0.655. The van der Waals surface area contributed by atoms with Crippen LogP contribution < -0.4 is 4.74 Å². The van der Waals surface area contributed by atoms with E-state index in [2.05, 4.69) is 47.9 Å². The van der Waals surface area contributed by atoms with Gasteiger partial charge in [-0.15, -0.1) is 0 Å². The van der Waals surface area contributed by atoms with Crippen LogP contribution in [0.15, 0.2) is 48.5 Å². The molecule has 1 aromatic heterocycles. The maximum absolute atomic E-state index is 5.26. The summed E-state index contributed by atoms with van der Waals surface area (Å²) >= 11 is 0. The molecule has 0 bridgehead atoms. The summed E-state index contributed by atoms with van der Waals surface area (Å²) in [6.45, 7) is 2.06. The highest BCUT2D eigenvalue weighted by Gasteiger charge is 2.12. The first-order valence-electron chi connectivity index (χ1n) is 8.59. The Hall–Kier alpha value is -2.55. The van der Waals surface area contributed by atoms with Crippen molar-refractivity contribution in [3.63, 3.8) is 0 Å². The summed E-state index contributed by atoms with van der Waals surface area (Å²) in [5.74, 6) is 1.87. The Morgan fingerprint density at radius 1 is 1.04 bits per heavy atom. The van der Waals surface area contributed by atoms with Gasteiger partial charge in [-0.05, 0) is 80.1 Å². The van der Waals surface area contributed by atoms with Gasteiger partial charge in [0.2, 0.25) is 0 Å². The number of fused-ring (bicyclic) bond motifs is 1. The normalized spacial score (nSPS) is 14.7. The zero-order chi connectivity index (χ0) is 16.5. The molecule has 3 nitrogen and oxygen atoms in total. The molecule has 1 aliphatic rings. The number of aryl methyl sites for hydroxylation is 1. The van der Waals surface area contributed by atoms with Crippen LogP contribution in [0.1, 0.15) is 37.1 Å². The molecule has 3 aromatic rings. The Morgan fingerprint density at radius 2 is 1.88 bits per heavy atom. The minimum absolute atomic E-state index is 0.868. The third-order valence-electron chi connectivity index (χ3n) is 4.81. The van der Waals surface area contributed by atoms with Gasteiger partial charge in [0, 0.05) is 5.69 Å². The number of hydrogen-bond acceptors (Lipinski definition) is 2. The lowest BCUT2D eigenvalue weighted by Gasteiger charge is -2.13. The lowest BCUT2D eigenvalue weighted by molar-refractivity contribution is 0.415. The van der Waals surface area contributed by atoms with Crippen LogP contribution in [0.4, 0.5) is 0 Å². The summed E-state index contributed by atoms with van der Waals surface area (Å²) in [7, 11) is 1.69. The van der Waals surface area contributed by atoms with Crippen molar-refractivity contribution in [3.8, 4) is 11.4 Å². The molecule has 0 unspecified atom stereocenters. The smallest absolute Gasteiger partial charge is 0.119 e. The zero-order valence-corrected chi connectivity index (χ0v) is 14.2. The molecule has 2 aromatic carbocycles. The largest absolute Gasteiger partial charge is 0.497 e. The number of allylic oxidation sites excluding steroid dienone is 2. The lowest BCUT2D eigenvalue weighted by Crippen LogP contribution is -1.97. The van der Waals surface area contributed by atoms with Gasteiger partial charge < -0.3 is 4.74 Å². The summed E-state index contributed by atoms with van der Waals surface area (Å²) in [6.07, 6.45) is 7.38. The number of hydrogen-bond donors (Lipinski definition) is 0. The van der Waals surface area contributed by atoms with Crippen LogP contribution in [0.3, 0.4) is 0 Å². The molecule has 0 fully saturated rings. The summed E-state index contributed by atoms with van der Waals surface area (Å²) < 4.78 is 7.46. The summed E-state index contributed by atoms with van der Waals surface area (Å²) in [5, 5.41) is 0. The van der Waals surface area contributed by atoms with E-state index in [1.165, 1.54) is 36.8 Å². The van der Waals surface area contributed by atoms with E-state index in [1.54, 1.807) is 7.11 Å². The Bertz CT molecular complexity index is 903. The number of ether oxygens (including phenoxy) is 1. The molecule has 3 heteroatoms. The summed E-state index contributed by atoms with van der Waals surface area (Å²) in [6, 6.07) is 14.8. The highest BCUT2D eigenvalue weighted by Crippen LogP contribution is 2.30. The summed E-state index contributed by atoms with van der Waals surface area (Å²) in [5.41, 5.74) is 6.12. The molecule has 1 heterocycles. The second-order valence-corrected chi connectivity index (χ2v) is 6.37. The SMILES string of the molecule is COc1ccc(-n2c(C)nc3cc(C4=CCCCC4)ccc32)cc1. The van der Waals surface area contributed by atoms with Crippen molar-refractivity contribution in [1.82, 2.24) is 9.55 Å². The Morgan fingerprint density at radius 3 is 2.58 bits per heavy atom. The highest BCUT2D eigenvalue weighted by atomic mass is 16.5. The minimum Gasteiger partial charge on any atom is -0.497 e. The molecule has 0 radical (unpaired) electrons. The van der Waals surface area contributed by atoms with Gasteiger partial charge in [0.15, 0.2) is 0 Å². The Labute approximate surface area is 142 Å². The van der Waals surface area contributed by atoms with E-state index in [4.69, 9.17) is 9.72 Å². The average Bonchev–Trinajstić information content (AvgIpc) is 2.97. The van der Waals surface area contributed by atoms with Gasteiger partial charge in [-0.3, -0.25) is 4.57 Å². The van der Waals surface area contributed by atoms with Gasteiger partial charge in [0.25, 0.3) is 0 Å². The molecule has 0 atom stereocenters. The second kappa shape index (κ2) is 6.16. The zero-order valence-electron chi connectivity index (χ0n) is 14.2. The molecule has 0 amide bonds. The molecule has 0 aliphatic heterocycles. The number of nitrogens with zero attached hydrogens (tertiary/aromatic N) is 2. The lowest BCUT2D eigenvalue weighted by atomic mass is 9.93. The van der Waals surface area contributed by atoms with Gasteiger partial charge in [-0.25, -0.2) is 4.98 Å². The monoisotopic (exact) mass is 318 g/mol. The fraction of sp³-hybridized carbons (Fsp3) is 0.286. The first kappa shape index (κ1) is 15.0. The maximum Gasteiger partial charge on any atom is 0.119 e. The molecule has 0 saturated heterocycles. The third-order valence-corrected chi connectivity index (χ3v) is 4.81. The van der Waals surface area contributed by atoms with Crippen molar-refractivity contribution >= 4 is 16.6 Å². The van der Waals surface area contributed by atoms with E-state index >= 15 is 0 Å². The molecule has 0 saturated carbocycles. The maximum atomic E-state index is 5.26. The van der Waals surface area contributed by atoms with Crippen molar-refractivity contribution in [3.05, 3.63) is 59.9 Å². The molecular formula is C21H22N2O. The van der Waals surface area contributed by atoms with E-state index in [0.717, 1.165) is 28.3 Å². The standard InChI is InChI=1S/C21H22N2O/c1-15-22-20-14-17(16-6-4-3-5-7-16)8-13-21(20)23(15)18-9-11-19(24-2)12-10-18/h6,8-14H,3-5,7H2,1-2H3. The third kappa shape index (κ3) is 2.60. The molecule has 122 valence electrons. The van der Waals surface area contributed by atoms with Crippen molar-refractivity contribution < 1.29 is 4.74 Å². The number of imidazole rings is 1. The first-order chi connectivity index (χ1) is 11.8. The van der Waals surface area contributed by atoms with Gasteiger partial charge in [-0.2, -0.15) is 0 Å². The molecule has 0 N–H and O–H groups in total. The molecule has 24 heavy (non-hydrogen) atoms. The topological polar surface area (TPSA) is 27.1 Å². The van der Waals surface area contributed by atoms with Crippen LogP contribution in [0.5, 0.6) is 5.75 Å². The average molecular weight is 318 g/mol. The van der Waals surface area contributed by atoms with Crippen molar-refractivity contribution in [2.45, 2.75) is 32.6 Å². The molecule has 0 spiro atoms. The first-order valence-corrected chi connectivity index (χ1v) is 8.59. The van der Waals surface area contributed by atoms with Crippen LogP contribution in [-0.2, 0) is 0 Å². The van der Waals surface area contributed by atoms with Crippen LogP contribution in [0.25, 0.3) is 22.3 Å². The Balaban J connectivity index is 1.79. The van der Waals surface area contributed by atoms with E-state index in [9.17, 15) is 0 Å². The van der Waals surface area contributed by atoms with Gasteiger partial charge in [0.05, 0.1) is 18.1 Å². The summed E-state index contributed by atoms with van der Waals surface area (Å²) in [4.78, 5) is 4.79. The van der Waals surface area contributed by atoms with E-state index in [1.807, 2.05) is 12.1 Å². The van der Waals surface area contributed by atoms with E-state index < -0.39 is 0 Å². The predicted octanol–water partition coefficient (Wildman–Crippen LogP) is 5.30. The van der Waals surface area contributed by atoms with Crippen LogP contribution in [0.2, 0.25) is 0 Å². The highest BCUT2D eigenvalue weighted by molar-refractivity contribution is 5.83. The van der Waals surface area contributed by atoms with Crippen LogP contribution >= 0.6 is 0 Å². The Kier molecular flexibility index (Phi) is 3.85. The van der Waals surface area contributed by atoms with Gasteiger partial charge in [-0.1, -0.05) is 12.1 Å². The van der Waals surface area contributed by atoms with Crippen molar-refractivity contribution in [1.29, 1.82) is 0 Å². The minimum atomic E-state index is 0.868. The van der Waals surface area contributed by atoms with E-state index in [0.29, 0.717) is 0 Å². The number of rotatable bonds is 3. The molecular weight excluding hydrogens is 296 g/mol. The van der Waals surface area contributed by atoms with Crippen LogP contribution in [-0.4, -0.2) is 16.7 Å². The number of aromatic nitrogens is 2. The van der Waals surface area contributed by atoms with E-state index in [-0.39, 0.29) is 0 Å². The van der Waals surface area contributed by atoms with Crippen LogP contribution in [0, 0.1) is 6.92 Å². The number of benzene rings is 2. The molecule has 1 aliphatic carbocycles. The predicted molar refractivity (Wildman–Crippen MR) is 98.8 cm³/mol. The van der Waals surface area contributed by atoms with Gasteiger partial charge in [0.1, 0.15) is 11.6 Å². The second-order valence-electron chi connectivity index (χ2n) is 6.37. The molecule has 4 rings (SSSR count). The van der Waals surface area contributed by atoms with Crippen molar-refractivity contribution in [2.24, 2.45) is 0 Å². The van der Waals surface area contributed by atoms with Crippen molar-refractivity contribution in [2.75, 3.05) is 7.11 Å². The fourth-order valence-electron chi connectivity index (χ4n) is 3.56. The van der Waals surface area contributed by atoms with Gasteiger partial charge >= 0.3 is 0 Å². The number of methoxy groups -OCH3 is 1. The fourth-order valence-corrected chi connectivity index (χ4v) is 3.56.